The molecule has 0 aliphatic rings. The van der Waals surface area contributed by atoms with Gasteiger partial charge in [0.15, 0.2) is 0 Å². The third kappa shape index (κ3) is 4.39. The molecule has 2 nitrogen and oxygen atoms in total. The Labute approximate surface area is 71.8 Å². The Morgan fingerprint density at radius 3 is 2.27 bits per heavy atom. The Bertz CT molecular complexity index is 226. The van der Waals surface area contributed by atoms with E-state index in [0.717, 1.165) is 0 Å². The van der Waals surface area contributed by atoms with E-state index in [9.17, 15) is 0 Å². The lowest BCUT2D eigenvalue weighted by molar-refractivity contribution is 1.40. The number of aliphatic imine (C=N–C) groups is 1. The fraction of sp³-hybridized carbons (Fsp3) is 0.125. The van der Waals surface area contributed by atoms with Crippen molar-refractivity contribution in [2.45, 2.75) is 0 Å². The summed E-state index contributed by atoms with van der Waals surface area (Å²) in [6, 6.07) is 0. The molecule has 60 valence electrons. The molecule has 0 aromatic rings. The maximum Gasteiger partial charge on any atom is 0.0794 e. The van der Waals surface area contributed by atoms with E-state index in [2.05, 4.69) is 18.2 Å². The molecule has 0 aliphatic carbocycles. The van der Waals surface area contributed by atoms with Crippen molar-refractivity contribution < 1.29 is 0 Å². The van der Waals surface area contributed by atoms with Gasteiger partial charge in [-0.2, -0.15) is 0 Å². The minimum atomic E-state index is 0.418. The molecular weight excluding hydrogens is 160 g/mol. The zero-order valence-corrected chi connectivity index (χ0v) is 7.23. The van der Waals surface area contributed by atoms with Gasteiger partial charge in [0.25, 0.3) is 0 Å². The number of halogens is 1. The summed E-state index contributed by atoms with van der Waals surface area (Å²) in [6.45, 7) is 7.00. The Kier molecular flexibility index (Phi) is 4.30. The van der Waals surface area contributed by atoms with Gasteiger partial charge >= 0.3 is 0 Å². The van der Waals surface area contributed by atoms with Crippen molar-refractivity contribution >= 4 is 17.3 Å². The number of hydrogen-bond donors (Lipinski definition) is 1. The van der Waals surface area contributed by atoms with Gasteiger partial charge in [-0.15, -0.1) is 0 Å². The van der Waals surface area contributed by atoms with Crippen molar-refractivity contribution in [3.05, 3.63) is 36.0 Å². The minimum absolute atomic E-state index is 0.418. The summed E-state index contributed by atoms with van der Waals surface area (Å²) in [4.78, 5) is 3.87. The molecule has 3 heteroatoms. The van der Waals surface area contributed by atoms with Crippen LogP contribution >= 0.6 is 11.6 Å². The number of rotatable bonds is 3. The number of hydrogen-bond acceptors (Lipinski definition) is 2. The molecule has 0 heterocycles. The molecule has 0 aromatic carbocycles. The summed E-state index contributed by atoms with van der Waals surface area (Å²) in [5.74, 6) is 0. The van der Waals surface area contributed by atoms with Crippen LogP contribution in [0, 0.1) is 0 Å². The van der Waals surface area contributed by atoms with Gasteiger partial charge in [0, 0.05) is 17.8 Å². The van der Waals surface area contributed by atoms with E-state index in [4.69, 9.17) is 17.3 Å². The van der Waals surface area contributed by atoms with E-state index >= 15 is 0 Å². The van der Waals surface area contributed by atoms with E-state index in [1.807, 2.05) is 0 Å². The number of nitrogens with two attached hydrogens (primary N) is 1. The molecule has 0 aromatic heterocycles. The molecular formula is C8H11ClN2. The monoisotopic (exact) mass is 170 g/mol. The van der Waals surface area contributed by atoms with Crippen molar-refractivity contribution in [2.24, 2.45) is 10.7 Å². The average Bonchev–Trinajstić information content (AvgIpc) is 1.87. The minimum Gasteiger partial charge on any atom is -0.397 e. The first-order chi connectivity index (χ1) is 5.07. The largest absolute Gasteiger partial charge is 0.397 e. The van der Waals surface area contributed by atoms with Gasteiger partial charge in [-0.1, -0.05) is 24.8 Å². The van der Waals surface area contributed by atoms with Gasteiger partial charge < -0.3 is 5.73 Å². The third-order valence-electron chi connectivity index (χ3n) is 0.992. The van der Waals surface area contributed by atoms with Gasteiger partial charge in [0.2, 0.25) is 0 Å². The van der Waals surface area contributed by atoms with E-state index in [1.165, 1.54) is 0 Å². The van der Waals surface area contributed by atoms with Crippen molar-refractivity contribution in [3.8, 4) is 0 Å². The lowest BCUT2D eigenvalue weighted by Gasteiger charge is -1.95. The molecule has 0 bridgehead atoms. The van der Waals surface area contributed by atoms with Crippen LogP contribution in [0.1, 0.15) is 0 Å². The highest BCUT2D eigenvalue weighted by Crippen LogP contribution is 1.99. The van der Waals surface area contributed by atoms with Crippen LogP contribution in [0.4, 0.5) is 0 Å². The molecule has 0 saturated heterocycles. The van der Waals surface area contributed by atoms with Gasteiger partial charge in [0.05, 0.1) is 5.71 Å². The van der Waals surface area contributed by atoms with Gasteiger partial charge in [-0.3, -0.25) is 4.99 Å². The van der Waals surface area contributed by atoms with Crippen LogP contribution < -0.4 is 5.73 Å². The van der Waals surface area contributed by atoms with E-state index in [-0.39, 0.29) is 0 Å². The highest BCUT2D eigenvalue weighted by atomic mass is 35.5. The van der Waals surface area contributed by atoms with Crippen molar-refractivity contribution in [1.29, 1.82) is 0 Å². The van der Waals surface area contributed by atoms with Crippen molar-refractivity contribution in [1.82, 2.24) is 0 Å². The summed E-state index contributed by atoms with van der Waals surface area (Å²) < 4.78 is 0. The van der Waals surface area contributed by atoms with Crippen LogP contribution in [0.15, 0.2) is 41.0 Å². The summed E-state index contributed by atoms with van der Waals surface area (Å²) in [7, 11) is 1.63. The lowest BCUT2D eigenvalue weighted by Crippen LogP contribution is -2.06. The Balaban J connectivity index is 4.34. The molecule has 2 N–H and O–H groups in total. The smallest absolute Gasteiger partial charge is 0.0794 e. The highest BCUT2D eigenvalue weighted by molar-refractivity contribution is 6.31. The van der Waals surface area contributed by atoms with Crippen molar-refractivity contribution in [3.63, 3.8) is 0 Å². The zero-order chi connectivity index (χ0) is 8.85. The summed E-state index contributed by atoms with van der Waals surface area (Å²) in [5.41, 5.74) is 6.42. The first-order valence-corrected chi connectivity index (χ1v) is 3.39. The van der Waals surface area contributed by atoms with Crippen LogP contribution in [0.5, 0.6) is 0 Å². The maximum absolute atomic E-state index is 5.48. The second-order valence-corrected chi connectivity index (χ2v) is 2.40. The SMILES string of the molecule is C=C(Cl)/C=C\C(=NC)C(=C)N. The normalized spacial score (nSPS) is 12.0. The molecule has 0 radical (unpaired) electrons. The van der Waals surface area contributed by atoms with Gasteiger partial charge in [-0.05, 0) is 12.2 Å². The first kappa shape index (κ1) is 9.98. The Morgan fingerprint density at radius 1 is 1.45 bits per heavy atom. The predicted molar refractivity (Wildman–Crippen MR) is 50.8 cm³/mol. The van der Waals surface area contributed by atoms with Gasteiger partial charge in [0.1, 0.15) is 0 Å². The van der Waals surface area contributed by atoms with Crippen LogP contribution in [-0.2, 0) is 0 Å². The molecule has 0 unspecified atom stereocenters. The highest BCUT2D eigenvalue weighted by Gasteiger charge is 1.92. The molecule has 0 saturated carbocycles. The van der Waals surface area contributed by atoms with E-state index in [0.29, 0.717) is 16.4 Å². The van der Waals surface area contributed by atoms with Crippen molar-refractivity contribution in [2.75, 3.05) is 7.05 Å². The standard InChI is InChI=1S/C8H11ClN2/c1-6(9)4-5-8(11-3)7(2)10/h4-5H,1-2,10H2,3H3/b5-4-,11-8?. The fourth-order valence-corrected chi connectivity index (χ4v) is 0.558. The first-order valence-electron chi connectivity index (χ1n) is 3.02. The van der Waals surface area contributed by atoms with E-state index < -0.39 is 0 Å². The second kappa shape index (κ2) is 4.74. The topological polar surface area (TPSA) is 38.4 Å². The third-order valence-corrected chi connectivity index (χ3v) is 1.12. The molecule has 0 rings (SSSR count). The van der Waals surface area contributed by atoms with Crippen LogP contribution in [0.3, 0.4) is 0 Å². The number of nitrogens with zero attached hydrogens (tertiary/aromatic N) is 1. The average molecular weight is 171 g/mol. The summed E-state index contributed by atoms with van der Waals surface area (Å²) in [5, 5.41) is 0.437. The van der Waals surface area contributed by atoms with Crippen LogP contribution in [0.2, 0.25) is 0 Å². The Morgan fingerprint density at radius 2 is 2.00 bits per heavy atom. The molecule has 0 spiro atoms. The quantitative estimate of drug-likeness (QED) is 0.510. The molecule has 0 atom stereocenters. The summed E-state index contributed by atoms with van der Waals surface area (Å²) >= 11 is 5.48. The summed E-state index contributed by atoms with van der Waals surface area (Å²) in [6.07, 6.45) is 3.28. The zero-order valence-electron chi connectivity index (χ0n) is 6.47. The second-order valence-electron chi connectivity index (χ2n) is 1.91. The maximum atomic E-state index is 5.48. The molecule has 0 fully saturated rings. The van der Waals surface area contributed by atoms with Crippen LogP contribution in [0.25, 0.3) is 0 Å². The van der Waals surface area contributed by atoms with Gasteiger partial charge in [-0.25, -0.2) is 0 Å². The molecule has 11 heavy (non-hydrogen) atoms. The Hall–Kier alpha value is -1.02. The van der Waals surface area contributed by atoms with Crippen LogP contribution in [-0.4, -0.2) is 12.8 Å². The number of allylic oxidation sites excluding steroid dienone is 3. The molecule has 0 amide bonds. The lowest BCUT2D eigenvalue weighted by atomic mass is 10.3. The van der Waals surface area contributed by atoms with E-state index in [1.54, 1.807) is 19.2 Å². The fourth-order valence-electron chi connectivity index (χ4n) is 0.495. The predicted octanol–water partition coefficient (Wildman–Crippen LogP) is 1.84. The molecule has 0 aliphatic heterocycles.